The molecule has 0 bridgehead atoms. The number of carbonyl (C=O) groups is 2. The molecular formula is C18H24IN2O2-. The summed E-state index contributed by atoms with van der Waals surface area (Å²) in [4.78, 5) is 22.2. The number of rotatable bonds is 6. The summed E-state index contributed by atoms with van der Waals surface area (Å²) in [6.07, 6.45) is 6.57. The summed E-state index contributed by atoms with van der Waals surface area (Å²) < 4.78 is 0.732. The molecule has 0 spiro atoms. The molecule has 1 aliphatic heterocycles. The van der Waals surface area contributed by atoms with E-state index in [1.54, 1.807) is 6.07 Å². The van der Waals surface area contributed by atoms with Crippen molar-refractivity contribution in [1.82, 2.24) is 5.32 Å². The van der Waals surface area contributed by atoms with Crippen LogP contribution in [0.1, 0.15) is 49.9 Å². The molecule has 1 saturated heterocycles. The Morgan fingerprint density at radius 2 is 1.87 bits per heavy atom. The maximum absolute atomic E-state index is 11.1. The summed E-state index contributed by atoms with van der Waals surface area (Å²) in [6.45, 7) is 4.06. The Balaban J connectivity index is 2.04. The molecule has 0 aromatic heterocycles. The molecule has 0 amide bonds. The molecule has 1 aliphatic rings. The fourth-order valence-electron chi connectivity index (χ4n) is 2.54. The Morgan fingerprint density at radius 1 is 1.13 bits per heavy atom. The van der Waals surface area contributed by atoms with E-state index in [1.165, 1.54) is 6.42 Å². The fourth-order valence-corrected chi connectivity index (χ4v) is 6.07. The standard InChI is InChI=1S/C18H24IN2O2/c1-13(20-17-9-5-3-7-15(17)11-22)14(2)21-18-10-6-4-8-16(12-23)19-18/h3,5,7,9,11-12,16,18,20-21H,4,6,8,10H2,1-2H3/q-1/b14-13+. The molecule has 1 aromatic rings. The minimum atomic E-state index is -0.171. The molecule has 5 heteroatoms. The van der Waals surface area contributed by atoms with E-state index in [1.807, 2.05) is 25.1 Å². The fraction of sp³-hybridized carbons (Fsp3) is 0.444. The maximum atomic E-state index is 11.1. The molecule has 1 aromatic carbocycles. The van der Waals surface area contributed by atoms with Crippen molar-refractivity contribution in [3.63, 3.8) is 0 Å². The molecule has 2 rings (SSSR count). The molecule has 2 atom stereocenters. The number of halogens is 1. The van der Waals surface area contributed by atoms with Crippen LogP contribution in [0.4, 0.5) is 5.69 Å². The number of aldehydes is 2. The first kappa shape index (κ1) is 18.0. The summed E-state index contributed by atoms with van der Waals surface area (Å²) in [7, 11) is 0. The molecule has 2 unspecified atom stereocenters. The van der Waals surface area contributed by atoms with Crippen LogP contribution in [0.5, 0.6) is 0 Å². The number of hydrogen-bond acceptors (Lipinski definition) is 4. The summed E-state index contributed by atoms with van der Waals surface area (Å²) in [5, 5.41) is 6.92. The van der Waals surface area contributed by atoms with Gasteiger partial charge < -0.3 is 0 Å². The number of hydrogen-bond donors (Lipinski definition) is 2. The van der Waals surface area contributed by atoms with E-state index >= 15 is 0 Å². The topological polar surface area (TPSA) is 58.2 Å². The second kappa shape index (κ2) is 9.05. The van der Waals surface area contributed by atoms with Gasteiger partial charge >= 0.3 is 148 Å². The number of carbonyl (C=O) groups excluding carboxylic acids is 2. The van der Waals surface area contributed by atoms with Gasteiger partial charge in [0.05, 0.1) is 0 Å². The molecule has 1 fully saturated rings. The Labute approximate surface area is 148 Å². The quantitative estimate of drug-likeness (QED) is 0.297. The van der Waals surface area contributed by atoms with E-state index in [0.29, 0.717) is 9.61 Å². The predicted octanol–water partition coefficient (Wildman–Crippen LogP) is 0.309. The molecule has 126 valence electrons. The van der Waals surface area contributed by atoms with Crippen molar-refractivity contribution in [2.75, 3.05) is 5.32 Å². The third-order valence-electron chi connectivity index (χ3n) is 3.99. The van der Waals surface area contributed by atoms with Crippen molar-refractivity contribution >= 4 is 18.3 Å². The van der Waals surface area contributed by atoms with E-state index in [0.717, 1.165) is 48.9 Å². The summed E-state index contributed by atoms with van der Waals surface area (Å²) in [5.41, 5.74) is 3.57. The molecule has 1 heterocycles. The van der Waals surface area contributed by atoms with Gasteiger partial charge in [0.15, 0.2) is 0 Å². The average Bonchev–Trinajstić information content (AvgIpc) is 2.80. The molecule has 23 heavy (non-hydrogen) atoms. The zero-order chi connectivity index (χ0) is 16.7. The second-order valence-corrected chi connectivity index (χ2v) is 9.58. The van der Waals surface area contributed by atoms with E-state index in [4.69, 9.17) is 0 Å². The first-order valence-electron chi connectivity index (χ1n) is 7.96. The van der Waals surface area contributed by atoms with Gasteiger partial charge in [0.25, 0.3) is 0 Å². The van der Waals surface area contributed by atoms with Gasteiger partial charge in [-0.1, -0.05) is 0 Å². The molecule has 0 radical (unpaired) electrons. The van der Waals surface area contributed by atoms with Crippen LogP contribution in [0.15, 0.2) is 35.7 Å². The van der Waals surface area contributed by atoms with Crippen LogP contribution in [0.2, 0.25) is 0 Å². The summed E-state index contributed by atoms with van der Waals surface area (Å²) >= 11 is -0.171. The number of nitrogens with one attached hydrogen (secondary N) is 2. The number of allylic oxidation sites excluding steroid dienone is 2. The summed E-state index contributed by atoms with van der Waals surface area (Å²) in [6, 6.07) is 7.48. The Kier molecular flexibility index (Phi) is 7.08. The van der Waals surface area contributed by atoms with Gasteiger partial charge in [-0.3, -0.25) is 0 Å². The van der Waals surface area contributed by atoms with Crippen LogP contribution in [0.25, 0.3) is 0 Å². The molecule has 0 aliphatic carbocycles. The predicted molar refractivity (Wildman–Crippen MR) is 89.1 cm³/mol. The Hall–Kier alpha value is -1.37. The molecule has 2 N–H and O–H groups in total. The third kappa shape index (κ3) is 5.34. The molecular weight excluding hydrogens is 403 g/mol. The number of anilines is 1. The van der Waals surface area contributed by atoms with Crippen LogP contribution in [0, 0.1) is 0 Å². The van der Waals surface area contributed by atoms with Crippen molar-refractivity contribution < 1.29 is 30.8 Å². The van der Waals surface area contributed by atoms with E-state index in [2.05, 4.69) is 17.6 Å². The van der Waals surface area contributed by atoms with Crippen molar-refractivity contribution in [3.8, 4) is 0 Å². The molecule has 4 nitrogen and oxygen atoms in total. The first-order chi connectivity index (χ1) is 11.1. The Morgan fingerprint density at radius 3 is 2.61 bits per heavy atom. The Bertz CT molecular complexity index is 586. The van der Waals surface area contributed by atoms with E-state index < -0.39 is 0 Å². The zero-order valence-corrected chi connectivity index (χ0v) is 15.8. The molecule has 0 saturated carbocycles. The normalized spacial score (nSPS) is 22.9. The van der Waals surface area contributed by atoms with E-state index in [9.17, 15) is 9.59 Å². The van der Waals surface area contributed by atoms with Gasteiger partial charge in [0.2, 0.25) is 0 Å². The monoisotopic (exact) mass is 427 g/mol. The number of benzene rings is 1. The first-order valence-corrected chi connectivity index (χ1v) is 10.5. The van der Waals surface area contributed by atoms with Crippen molar-refractivity contribution in [3.05, 3.63) is 41.2 Å². The van der Waals surface area contributed by atoms with Gasteiger partial charge in [-0.25, -0.2) is 0 Å². The third-order valence-corrected chi connectivity index (χ3v) is 7.64. The van der Waals surface area contributed by atoms with Crippen LogP contribution in [0.3, 0.4) is 0 Å². The van der Waals surface area contributed by atoms with Gasteiger partial charge in [-0.15, -0.1) is 0 Å². The van der Waals surface area contributed by atoms with Gasteiger partial charge in [0.1, 0.15) is 0 Å². The van der Waals surface area contributed by atoms with Crippen molar-refractivity contribution in [2.45, 2.75) is 47.5 Å². The van der Waals surface area contributed by atoms with Crippen molar-refractivity contribution in [1.29, 1.82) is 0 Å². The van der Waals surface area contributed by atoms with Crippen LogP contribution < -0.4 is 31.8 Å². The summed E-state index contributed by atoms with van der Waals surface area (Å²) in [5.74, 6) is 0. The van der Waals surface area contributed by atoms with Crippen LogP contribution >= 0.6 is 0 Å². The van der Waals surface area contributed by atoms with E-state index in [-0.39, 0.29) is 25.1 Å². The van der Waals surface area contributed by atoms with Gasteiger partial charge in [0, 0.05) is 0 Å². The minimum absolute atomic E-state index is 0.171. The SMILES string of the molecule is C/C(Nc1ccccc1C=O)=C(/C)NC1CCCCC(C=O)[I-]1. The van der Waals surface area contributed by atoms with Gasteiger partial charge in [-0.2, -0.15) is 0 Å². The zero-order valence-electron chi connectivity index (χ0n) is 13.6. The van der Waals surface area contributed by atoms with Crippen LogP contribution in [-0.2, 0) is 4.79 Å². The number of para-hydroxylation sites is 1. The van der Waals surface area contributed by atoms with Crippen LogP contribution in [-0.4, -0.2) is 20.5 Å². The van der Waals surface area contributed by atoms with Gasteiger partial charge in [-0.05, 0) is 0 Å². The van der Waals surface area contributed by atoms with Crippen molar-refractivity contribution in [2.24, 2.45) is 0 Å². The number of alkyl halides is 2. The average molecular weight is 427 g/mol. The second-order valence-electron chi connectivity index (χ2n) is 5.75.